The molecule has 0 bridgehead atoms. The second-order valence-electron chi connectivity index (χ2n) is 4.41. The average Bonchev–Trinajstić information content (AvgIpc) is 2.98. The van der Waals surface area contributed by atoms with Crippen LogP contribution in [0.4, 0.5) is 0 Å². The molecule has 2 N–H and O–H groups in total. The van der Waals surface area contributed by atoms with Crippen molar-refractivity contribution in [1.82, 2.24) is 5.32 Å². The first kappa shape index (κ1) is 14.4. The molecule has 0 unspecified atom stereocenters. The third-order valence-corrected chi connectivity index (χ3v) is 3.59. The molecular weight excluding hydrogens is 274 g/mol. The number of hydrogen-bond donors (Lipinski definition) is 2. The van der Waals surface area contributed by atoms with E-state index in [1.807, 2.05) is 5.38 Å². The van der Waals surface area contributed by atoms with Crippen molar-refractivity contribution in [2.75, 3.05) is 6.54 Å². The SMILES string of the molecule is C[C@@H](O)CNC(=O)c1ccccc1C(=O)c1cccs1. The van der Waals surface area contributed by atoms with E-state index in [9.17, 15) is 14.7 Å². The maximum atomic E-state index is 12.4. The summed E-state index contributed by atoms with van der Waals surface area (Å²) in [5, 5.41) is 13.6. The highest BCUT2D eigenvalue weighted by Gasteiger charge is 2.18. The molecule has 1 amide bonds. The van der Waals surface area contributed by atoms with Gasteiger partial charge >= 0.3 is 0 Å². The molecule has 1 heterocycles. The van der Waals surface area contributed by atoms with Crippen LogP contribution >= 0.6 is 11.3 Å². The number of ketones is 1. The van der Waals surface area contributed by atoms with Crippen molar-refractivity contribution in [3.8, 4) is 0 Å². The number of aliphatic hydroxyl groups is 1. The number of carbonyl (C=O) groups excluding carboxylic acids is 2. The summed E-state index contributed by atoms with van der Waals surface area (Å²) in [6.07, 6.45) is -0.626. The molecule has 2 rings (SSSR count). The molecule has 0 aliphatic heterocycles. The van der Waals surface area contributed by atoms with Gasteiger partial charge in [0.2, 0.25) is 5.78 Å². The highest BCUT2D eigenvalue weighted by molar-refractivity contribution is 7.12. The van der Waals surface area contributed by atoms with E-state index in [2.05, 4.69) is 5.32 Å². The number of hydrogen-bond acceptors (Lipinski definition) is 4. The Bertz CT molecular complexity index is 605. The van der Waals surface area contributed by atoms with Gasteiger partial charge in [-0.05, 0) is 24.4 Å². The molecule has 0 spiro atoms. The first-order valence-corrected chi connectivity index (χ1v) is 7.11. The molecule has 0 aliphatic carbocycles. The lowest BCUT2D eigenvalue weighted by Gasteiger charge is -2.10. The van der Waals surface area contributed by atoms with Gasteiger partial charge in [-0.25, -0.2) is 0 Å². The summed E-state index contributed by atoms with van der Waals surface area (Å²) < 4.78 is 0. The van der Waals surface area contributed by atoms with Gasteiger partial charge in [0.15, 0.2) is 0 Å². The molecule has 0 saturated carbocycles. The lowest BCUT2D eigenvalue weighted by Crippen LogP contribution is -2.31. The van der Waals surface area contributed by atoms with Gasteiger partial charge in [-0.15, -0.1) is 11.3 Å². The fraction of sp³-hybridized carbons (Fsp3) is 0.200. The molecule has 0 aliphatic rings. The summed E-state index contributed by atoms with van der Waals surface area (Å²) in [5.41, 5.74) is 0.699. The topological polar surface area (TPSA) is 66.4 Å². The van der Waals surface area contributed by atoms with Crippen LogP contribution in [0.5, 0.6) is 0 Å². The summed E-state index contributed by atoms with van der Waals surface area (Å²) in [7, 11) is 0. The van der Waals surface area contributed by atoms with Gasteiger partial charge in [0.05, 0.1) is 16.5 Å². The Kier molecular flexibility index (Phi) is 4.65. The van der Waals surface area contributed by atoms with Crippen LogP contribution in [0.25, 0.3) is 0 Å². The van der Waals surface area contributed by atoms with Crippen molar-refractivity contribution in [2.24, 2.45) is 0 Å². The van der Waals surface area contributed by atoms with E-state index in [0.29, 0.717) is 16.0 Å². The zero-order valence-corrected chi connectivity index (χ0v) is 11.8. The maximum absolute atomic E-state index is 12.4. The van der Waals surface area contributed by atoms with Crippen LogP contribution < -0.4 is 5.32 Å². The Morgan fingerprint density at radius 1 is 1.20 bits per heavy atom. The lowest BCUT2D eigenvalue weighted by molar-refractivity contribution is 0.0916. The zero-order chi connectivity index (χ0) is 14.5. The van der Waals surface area contributed by atoms with Crippen LogP contribution in [0, 0.1) is 0 Å². The first-order valence-electron chi connectivity index (χ1n) is 6.23. The minimum absolute atomic E-state index is 0.153. The van der Waals surface area contributed by atoms with E-state index in [-0.39, 0.29) is 18.2 Å². The molecule has 0 saturated heterocycles. The highest BCUT2D eigenvalue weighted by Crippen LogP contribution is 2.18. The van der Waals surface area contributed by atoms with E-state index in [1.54, 1.807) is 43.3 Å². The Hall–Kier alpha value is -1.98. The molecule has 104 valence electrons. The number of rotatable bonds is 5. The van der Waals surface area contributed by atoms with Crippen molar-refractivity contribution in [1.29, 1.82) is 0 Å². The molecule has 4 nitrogen and oxygen atoms in total. The van der Waals surface area contributed by atoms with Crippen molar-refractivity contribution in [3.63, 3.8) is 0 Å². The summed E-state index contributed by atoms with van der Waals surface area (Å²) in [5.74, 6) is -0.519. The largest absolute Gasteiger partial charge is 0.392 e. The van der Waals surface area contributed by atoms with Crippen molar-refractivity contribution < 1.29 is 14.7 Å². The molecule has 1 aromatic heterocycles. The molecule has 5 heteroatoms. The van der Waals surface area contributed by atoms with Crippen LogP contribution in [0.3, 0.4) is 0 Å². The maximum Gasteiger partial charge on any atom is 0.252 e. The van der Waals surface area contributed by atoms with Gasteiger partial charge in [0.25, 0.3) is 5.91 Å². The zero-order valence-electron chi connectivity index (χ0n) is 11.0. The third-order valence-electron chi connectivity index (χ3n) is 2.72. The van der Waals surface area contributed by atoms with Crippen molar-refractivity contribution >= 4 is 23.0 Å². The average molecular weight is 289 g/mol. The monoisotopic (exact) mass is 289 g/mol. The van der Waals surface area contributed by atoms with Crippen molar-refractivity contribution in [2.45, 2.75) is 13.0 Å². The van der Waals surface area contributed by atoms with Crippen LogP contribution in [0.1, 0.15) is 32.5 Å². The summed E-state index contributed by atoms with van der Waals surface area (Å²) >= 11 is 1.34. The predicted molar refractivity (Wildman–Crippen MR) is 78.2 cm³/mol. The first-order chi connectivity index (χ1) is 9.59. The normalized spacial score (nSPS) is 11.9. The van der Waals surface area contributed by atoms with Gasteiger partial charge in [-0.3, -0.25) is 9.59 Å². The van der Waals surface area contributed by atoms with Crippen LogP contribution in [-0.2, 0) is 0 Å². The Labute approximate surface area is 121 Å². The van der Waals surface area contributed by atoms with E-state index < -0.39 is 6.10 Å². The summed E-state index contributed by atoms with van der Waals surface area (Å²) in [6, 6.07) is 10.2. The fourth-order valence-corrected chi connectivity index (χ4v) is 2.43. The molecule has 1 aromatic carbocycles. The second kappa shape index (κ2) is 6.45. The fourth-order valence-electron chi connectivity index (χ4n) is 1.76. The van der Waals surface area contributed by atoms with Gasteiger partial charge in [-0.1, -0.05) is 24.3 Å². The Morgan fingerprint density at radius 3 is 2.50 bits per heavy atom. The minimum Gasteiger partial charge on any atom is -0.392 e. The van der Waals surface area contributed by atoms with Gasteiger partial charge in [-0.2, -0.15) is 0 Å². The van der Waals surface area contributed by atoms with Crippen LogP contribution in [0.15, 0.2) is 41.8 Å². The lowest BCUT2D eigenvalue weighted by atomic mass is 10.0. The summed E-state index contributed by atoms with van der Waals surface area (Å²) in [6.45, 7) is 1.74. The minimum atomic E-state index is -0.626. The predicted octanol–water partition coefficient (Wildman–Crippen LogP) is 2.09. The quantitative estimate of drug-likeness (QED) is 0.828. The molecule has 1 atom stereocenters. The number of thiophene rings is 1. The van der Waals surface area contributed by atoms with E-state index in [1.165, 1.54) is 11.3 Å². The molecular formula is C15H15NO3S. The van der Waals surface area contributed by atoms with Gasteiger partial charge in [0.1, 0.15) is 0 Å². The number of benzene rings is 1. The smallest absolute Gasteiger partial charge is 0.252 e. The van der Waals surface area contributed by atoms with Crippen LogP contribution in [-0.4, -0.2) is 29.4 Å². The van der Waals surface area contributed by atoms with E-state index in [4.69, 9.17) is 0 Å². The second-order valence-corrected chi connectivity index (χ2v) is 5.36. The Morgan fingerprint density at radius 2 is 1.90 bits per heavy atom. The van der Waals surface area contributed by atoms with Crippen LogP contribution in [0.2, 0.25) is 0 Å². The van der Waals surface area contributed by atoms with Gasteiger partial charge < -0.3 is 10.4 Å². The molecule has 0 fully saturated rings. The Balaban J connectivity index is 2.26. The molecule has 2 aromatic rings. The molecule has 20 heavy (non-hydrogen) atoms. The number of nitrogens with one attached hydrogen (secondary N) is 1. The summed E-state index contributed by atoms with van der Waals surface area (Å²) in [4.78, 5) is 25.0. The van der Waals surface area contributed by atoms with Gasteiger partial charge in [0, 0.05) is 12.1 Å². The standard InChI is InChI=1S/C15H15NO3S/c1-10(17)9-16-15(19)12-6-3-2-5-11(12)14(18)13-7-4-8-20-13/h2-8,10,17H,9H2,1H3,(H,16,19)/t10-/m1/s1. The third kappa shape index (κ3) is 3.31. The highest BCUT2D eigenvalue weighted by atomic mass is 32.1. The van der Waals surface area contributed by atoms with E-state index >= 15 is 0 Å². The van der Waals surface area contributed by atoms with Crippen molar-refractivity contribution in [3.05, 3.63) is 57.8 Å². The number of aliphatic hydroxyl groups excluding tert-OH is 1. The number of carbonyl (C=O) groups is 2. The molecule has 0 radical (unpaired) electrons. The van der Waals surface area contributed by atoms with E-state index in [0.717, 1.165) is 0 Å². The number of amides is 1.